The SMILES string of the molecule is CCNC(=O)O[C@H]1CNC(C(C)(c2ccc(C(C)(C)C)cc2)c2ccc(C(C)(C)C)cc2)C1. The monoisotopic (exact) mass is 450 g/mol. The van der Waals surface area contributed by atoms with Gasteiger partial charge in [-0.3, -0.25) is 0 Å². The van der Waals surface area contributed by atoms with E-state index in [-0.39, 0.29) is 34.5 Å². The van der Waals surface area contributed by atoms with E-state index in [4.69, 9.17) is 4.74 Å². The van der Waals surface area contributed by atoms with Crippen LogP contribution in [0.4, 0.5) is 4.79 Å². The summed E-state index contributed by atoms with van der Waals surface area (Å²) in [6.45, 7) is 18.9. The van der Waals surface area contributed by atoms with Gasteiger partial charge in [0.05, 0.1) is 0 Å². The summed E-state index contributed by atoms with van der Waals surface area (Å²) in [5.41, 5.74) is 5.17. The number of nitrogens with one attached hydrogen (secondary N) is 2. The highest BCUT2D eigenvalue weighted by atomic mass is 16.6. The Hall–Kier alpha value is -2.33. The van der Waals surface area contributed by atoms with Gasteiger partial charge in [0.1, 0.15) is 6.10 Å². The van der Waals surface area contributed by atoms with Gasteiger partial charge in [0.2, 0.25) is 0 Å². The van der Waals surface area contributed by atoms with E-state index < -0.39 is 0 Å². The normalized spacial score (nSPS) is 19.4. The molecule has 1 fully saturated rings. The smallest absolute Gasteiger partial charge is 0.407 e. The van der Waals surface area contributed by atoms with Crippen LogP contribution in [0.25, 0.3) is 0 Å². The van der Waals surface area contributed by atoms with Crippen LogP contribution >= 0.6 is 0 Å². The van der Waals surface area contributed by atoms with Gasteiger partial charge < -0.3 is 15.4 Å². The van der Waals surface area contributed by atoms with Gasteiger partial charge >= 0.3 is 6.09 Å². The lowest BCUT2D eigenvalue weighted by Gasteiger charge is -2.38. The van der Waals surface area contributed by atoms with Crippen LogP contribution in [-0.2, 0) is 21.0 Å². The third-order valence-electron chi connectivity index (χ3n) is 7.08. The van der Waals surface area contributed by atoms with Gasteiger partial charge in [-0.05, 0) is 46.9 Å². The summed E-state index contributed by atoms with van der Waals surface area (Å²) in [6.07, 6.45) is 0.301. The van der Waals surface area contributed by atoms with Crippen molar-refractivity contribution >= 4 is 6.09 Å². The maximum absolute atomic E-state index is 12.0. The van der Waals surface area contributed by atoms with Crippen LogP contribution in [0, 0.1) is 0 Å². The van der Waals surface area contributed by atoms with Crippen molar-refractivity contribution in [3.05, 3.63) is 70.8 Å². The van der Waals surface area contributed by atoms with Crippen molar-refractivity contribution in [1.82, 2.24) is 10.6 Å². The molecule has 1 aliphatic heterocycles. The first-order valence-corrected chi connectivity index (χ1v) is 12.3. The second-order valence-corrected chi connectivity index (χ2v) is 11.6. The summed E-state index contributed by atoms with van der Waals surface area (Å²) in [7, 11) is 0. The highest BCUT2D eigenvalue weighted by molar-refractivity contribution is 5.67. The molecular weight excluding hydrogens is 408 g/mol. The molecule has 3 rings (SSSR count). The quantitative estimate of drug-likeness (QED) is 0.582. The van der Waals surface area contributed by atoms with E-state index >= 15 is 0 Å². The van der Waals surface area contributed by atoms with E-state index in [9.17, 15) is 4.79 Å². The number of ether oxygens (including phenoxy) is 1. The summed E-state index contributed by atoms with van der Waals surface area (Å²) < 4.78 is 5.66. The zero-order valence-electron chi connectivity index (χ0n) is 21.7. The van der Waals surface area contributed by atoms with Crippen molar-refractivity contribution in [2.75, 3.05) is 13.1 Å². The average molecular weight is 451 g/mol. The first kappa shape index (κ1) is 25.3. The molecule has 1 saturated heterocycles. The molecule has 0 aliphatic carbocycles. The summed E-state index contributed by atoms with van der Waals surface area (Å²) in [4.78, 5) is 12.0. The first-order valence-electron chi connectivity index (χ1n) is 12.3. The molecule has 4 nitrogen and oxygen atoms in total. The zero-order chi connectivity index (χ0) is 24.4. The molecule has 0 saturated carbocycles. The molecule has 1 amide bonds. The topological polar surface area (TPSA) is 50.4 Å². The molecule has 0 spiro atoms. The van der Waals surface area contributed by atoms with Crippen molar-refractivity contribution in [3.63, 3.8) is 0 Å². The zero-order valence-corrected chi connectivity index (χ0v) is 21.7. The molecule has 0 bridgehead atoms. The molecule has 33 heavy (non-hydrogen) atoms. The number of carbonyl (C=O) groups is 1. The molecule has 0 radical (unpaired) electrons. The average Bonchev–Trinajstić information content (AvgIpc) is 3.21. The van der Waals surface area contributed by atoms with Crippen LogP contribution in [0.1, 0.15) is 84.1 Å². The van der Waals surface area contributed by atoms with Crippen LogP contribution in [0.5, 0.6) is 0 Å². The molecule has 1 heterocycles. The molecular formula is C29H42N2O2. The fourth-order valence-corrected chi connectivity index (χ4v) is 4.77. The van der Waals surface area contributed by atoms with Gasteiger partial charge in [-0.15, -0.1) is 0 Å². The lowest BCUT2D eigenvalue weighted by atomic mass is 9.69. The van der Waals surface area contributed by atoms with Gasteiger partial charge in [-0.2, -0.15) is 0 Å². The molecule has 1 aliphatic rings. The molecule has 180 valence electrons. The van der Waals surface area contributed by atoms with Crippen molar-refractivity contribution in [1.29, 1.82) is 0 Å². The molecule has 2 N–H and O–H groups in total. The number of rotatable bonds is 5. The Bertz CT molecular complexity index is 876. The van der Waals surface area contributed by atoms with Crippen LogP contribution < -0.4 is 10.6 Å². The lowest BCUT2D eigenvalue weighted by Crippen LogP contribution is -2.44. The Morgan fingerprint density at radius 3 is 1.67 bits per heavy atom. The number of hydrogen-bond acceptors (Lipinski definition) is 3. The van der Waals surface area contributed by atoms with E-state index in [1.54, 1.807) is 0 Å². The second-order valence-electron chi connectivity index (χ2n) is 11.6. The molecule has 2 atom stereocenters. The number of carbonyl (C=O) groups excluding carboxylic acids is 1. The molecule has 1 unspecified atom stereocenters. The van der Waals surface area contributed by atoms with Crippen LogP contribution in [0.15, 0.2) is 48.5 Å². The summed E-state index contributed by atoms with van der Waals surface area (Å²) >= 11 is 0. The Kier molecular flexibility index (Phi) is 7.28. The summed E-state index contributed by atoms with van der Waals surface area (Å²) in [5.74, 6) is 0. The van der Waals surface area contributed by atoms with Crippen LogP contribution in [-0.4, -0.2) is 31.3 Å². The van der Waals surface area contributed by atoms with Gasteiger partial charge in [-0.1, -0.05) is 90.1 Å². The Morgan fingerprint density at radius 1 is 0.848 bits per heavy atom. The summed E-state index contributed by atoms with van der Waals surface area (Å²) in [6, 6.07) is 18.3. The van der Waals surface area contributed by atoms with Crippen molar-refractivity contribution in [2.45, 2.75) is 90.2 Å². The highest BCUT2D eigenvalue weighted by Gasteiger charge is 2.43. The first-order chi connectivity index (χ1) is 15.4. The minimum Gasteiger partial charge on any atom is -0.445 e. The predicted octanol–water partition coefficient (Wildman–Crippen LogP) is 6.06. The van der Waals surface area contributed by atoms with Crippen LogP contribution in [0.2, 0.25) is 0 Å². The molecule has 2 aromatic carbocycles. The van der Waals surface area contributed by atoms with Crippen LogP contribution in [0.3, 0.4) is 0 Å². The number of amides is 1. The van der Waals surface area contributed by atoms with E-state index in [0.717, 1.165) is 6.42 Å². The van der Waals surface area contributed by atoms with E-state index in [0.29, 0.717) is 13.1 Å². The minimum atomic E-state index is -0.337. The van der Waals surface area contributed by atoms with Crippen molar-refractivity contribution in [3.8, 4) is 0 Å². The highest BCUT2D eigenvalue weighted by Crippen LogP contribution is 2.40. The van der Waals surface area contributed by atoms with Crippen molar-refractivity contribution in [2.24, 2.45) is 0 Å². The number of alkyl carbamates (subject to hydrolysis) is 1. The molecule has 2 aromatic rings. The van der Waals surface area contributed by atoms with Crippen molar-refractivity contribution < 1.29 is 9.53 Å². The van der Waals surface area contributed by atoms with Gasteiger partial charge in [0.25, 0.3) is 0 Å². The Labute approximate surface area is 200 Å². The van der Waals surface area contributed by atoms with Gasteiger partial charge in [0, 0.05) is 31.0 Å². The van der Waals surface area contributed by atoms with E-state index in [1.165, 1.54) is 22.3 Å². The fraction of sp³-hybridized carbons (Fsp3) is 0.552. The lowest BCUT2D eigenvalue weighted by molar-refractivity contribution is 0.105. The van der Waals surface area contributed by atoms with Gasteiger partial charge in [0.15, 0.2) is 0 Å². The van der Waals surface area contributed by atoms with E-state index in [1.807, 2.05) is 6.92 Å². The maximum atomic E-state index is 12.0. The Morgan fingerprint density at radius 2 is 1.27 bits per heavy atom. The standard InChI is InChI=1S/C29H42N2O2/c1-9-30-26(32)33-24-18-25(31-19-24)29(8,22-14-10-20(11-15-22)27(2,3)4)23-16-12-21(13-17-23)28(5,6)7/h10-17,24-25,31H,9,18-19H2,1-8H3,(H,30,32)/t24-,25?/m1/s1. The summed E-state index contributed by atoms with van der Waals surface area (Å²) in [5, 5.41) is 6.42. The molecule has 0 aromatic heterocycles. The minimum absolute atomic E-state index is 0.112. The fourth-order valence-electron chi connectivity index (χ4n) is 4.77. The molecule has 4 heteroatoms. The van der Waals surface area contributed by atoms with E-state index in [2.05, 4.69) is 108 Å². The number of benzene rings is 2. The third kappa shape index (κ3) is 5.60. The number of hydrogen-bond donors (Lipinski definition) is 2. The van der Waals surface area contributed by atoms with Gasteiger partial charge in [-0.25, -0.2) is 4.79 Å². The maximum Gasteiger partial charge on any atom is 0.407 e. The third-order valence-corrected chi connectivity index (χ3v) is 7.08. The largest absolute Gasteiger partial charge is 0.445 e. The second kappa shape index (κ2) is 9.50. The predicted molar refractivity (Wildman–Crippen MR) is 137 cm³/mol. The Balaban J connectivity index is 1.97.